The smallest absolute Gasteiger partial charge is 0.254 e. The molecule has 1 unspecified atom stereocenters. The van der Waals surface area contributed by atoms with Crippen LogP contribution in [0.2, 0.25) is 0 Å². The fourth-order valence-corrected chi connectivity index (χ4v) is 3.14. The van der Waals surface area contributed by atoms with Crippen molar-refractivity contribution in [1.82, 2.24) is 34.6 Å². The van der Waals surface area contributed by atoms with E-state index in [4.69, 9.17) is 4.74 Å². The Kier molecular flexibility index (Phi) is 4.55. The molecule has 12 nitrogen and oxygen atoms in total. The SMILES string of the molecule is CNC(=O)c1cnn(-c2nc(C)c3ncn(C4O[C@H](CO)[C@@H](O)[C@H]4O)c3n2)c1. The number of carbonyl (C=O) groups is 1. The van der Waals surface area contributed by atoms with Crippen LogP contribution in [0.1, 0.15) is 22.3 Å². The predicted molar refractivity (Wildman–Crippen MR) is 93.6 cm³/mol. The number of aliphatic hydroxyl groups excluding tert-OH is 3. The summed E-state index contributed by atoms with van der Waals surface area (Å²) in [5, 5.41) is 36.2. The van der Waals surface area contributed by atoms with E-state index in [1.54, 1.807) is 6.92 Å². The number of hydrogen-bond donors (Lipinski definition) is 4. The van der Waals surface area contributed by atoms with Crippen molar-refractivity contribution in [2.45, 2.75) is 31.5 Å². The largest absolute Gasteiger partial charge is 0.394 e. The van der Waals surface area contributed by atoms with Gasteiger partial charge in [-0.3, -0.25) is 9.36 Å². The second kappa shape index (κ2) is 6.91. The van der Waals surface area contributed by atoms with Gasteiger partial charge in [0.25, 0.3) is 11.9 Å². The number of ether oxygens (including phenoxy) is 1. The molecule has 4 N–H and O–H groups in total. The summed E-state index contributed by atoms with van der Waals surface area (Å²) in [5.74, 6) is -0.0887. The lowest BCUT2D eigenvalue weighted by molar-refractivity contribution is -0.0511. The maximum atomic E-state index is 11.7. The zero-order valence-electron chi connectivity index (χ0n) is 15.1. The van der Waals surface area contributed by atoms with Gasteiger partial charge in [0.2, 0.25) is 0 Å². The fourth-order valence-electron chi connectivity index (χ4n) is 3.14. The van der Waals surface area contributed by atoms with Crippen LogP contribution in [0.3, 0.4) is 0 Å². The van der Waals surface area contributed by atoms with Crippen LogP contribution in [0.15, 0.2) is 18.7 Å². The van der Waals surface area contributed by atoms with Gasteiger partial charge in [-0.05, 0) is 6.92 Å². The van der Waals surface area contributed by atoms with Crippen LogP contribution in [-0.2, 0) is 4.74 Å². The van der Waals surface area contributed by atoms with E-state index in [1.165, 1.54) is 35.0 Å². The molecule has 4 atom stereocenters. The summed E-state index contributed by atoms with van der Waals surface area (Å²) < 4.78 is 8.39. The molecule has 0 aliphatic carbocycles. The molecule has 4 rings (SSSR count). The van der Waals surface area contributed by atoms with Crippen molar-refractivity contribution in [3.05, 3.63) is 30.0 Å². The Morgan fingerprint density at radius 2 is 2.11 bits per heavy atom. The van der Waals surface area contributed by atoms with Gasteiger partial charge < -0.3 is 25.4 Å². The van der Waals surface area contributed by atoms with E-state index in [0.717, 1.165) is 0 Å². The molecule has 28 heavy (non-hydrogen) atoms. The van der Waals surface area contributed by atoms with Crippen molar-refractivity contribution in [3.63, 3.8) is 0 Å². The van der Waals surface area contributed by atoms with Crippen LogP contribution in [0.25, 0.3) is 17.1 Å². The predicted octanol–water partition coefficient (Wildman–Crippen LogP) is -1.71. The minimum absolute atomic E-state index is 0.202. The van der Waals surface area contributed by atoms with Crippen LogP contribution in [0.4, 0.5) is 0 Å². The number of hydrogen-bond acceptors (Lipinski definition) is 9. The van der Waals surface area contributed by atoms with E-state index >= 15 is 0 Å². The minimum Gasteiger partial charge on any atom is -0.394 e. The van der Waals surface area contributed by atoms with Gasteiger partial charge in [0.1, 0.15) is 23.8 Å². The van der Waals surface area contributed by atoms with E-state index in [1.807, 2.05) is 0 Å². The summed E-state index contributed by atoms with van der Waals surface area (Å²) >= 11 is 0. The lowest BCUT2D eigenvalue weighted by Crippen LogP contribution is -2.33. The van der Waals surface area contributed by atoms with Gasteiger partial charge in [-0.15, -0.1) is 0 Å². The van der Waals surface area contributed by atoms with Crippen molar-refractivity contribution in [2.24, 2.45) is 0 Å². The summed E-state index contributed by atoms with van der Waals surface area (Å²) in [4.78, 5) is 24.8. The first-order valence-electron chi connectivity index (χ1n) is 8.55. The number of nitrogens with zero attached hydrogens (tertiary/aromatic N) is 6. The molecule has 1 aliphatic rings. The molecule has 1 saturated heterocycles. The highest BCUT2D eigenvalue weighted by Crippen LogP contribution is 2.31. The Morgan fingerprint density at radius 1 is 1.32 bits per heavy atom. The first-order chi connectivity index (χ1) is 13.4. The topological polar surface area (TPSA) is 160 Å². The molecule has 1 amide bonds. The Bertz CT molecular complexity index is 1030. The molecular weight excluding hydrogens is 370 g/mol. The fraction of sp³-hybridized carbons (Fsp3) is 0.438. The van der Waals surface area contributed by atoms with Gasteiger partial charge in [-0.2, -0.15) is 10.1 Å². The molecule has 4 heterocycles. The Hall–Kier alpha value is -2.93. The second-order valence-electron chi connectivity index (χ2n) is 6.41. The standard InChI is InChI=1S/C16H19N7O5/c1-7-10-13(21-16(20-7)23-4-8(3-19-23)14(27)17-2)22(6-18-10)15-12(26)11(25)9(5-24)28-15/h3-4,6,9,11-12,15,24-26H,5H2,1-2H3,(H,17,27)/t9-,11-,12-,15?/m1/s1. The highest BCUT2D eigenvalue weighted by atomic mass is 16.6. The number of aliphatic hydroxyl groups is 3. The third-order valence-corrected chi connectivity index (χ3v) is 4.65. The minimum atomic E-state index is -1.27. The zero-order chi connectivity index (χ0) is 20.0. The lowest BCUT2D eigenvalue weighted by atomic mass is 10.1. The number of aryl methyl sites for hydroxylation is 1. The number of amides is 1. The number of nitrogens with one attached hydrogen (secondary N) is 1. The van der Waals surface area contributed by atoms with Gasteiger partial charge in [0, 0.05) is 13.2 Å². The van der Waals surface area contributed by atoms with E-state index in [2.05, 4.69) is 25.4 Å². The van der Waals surface area contributed by atoms with Crippen molar-refractivity contribution >= 4 is 17.1 Å². The number of rotatable bonds is 4. The summed E-state index contributed by atoms with van der Waals surface area (Å²) in [7, 11) is 1.52. The normalized spacial score (nSPS) is 24.8. The number of imidazole rings is 1. The maximum absolute atomic E-state index is 11.7. The van der Waals surface area contributed by atoms with Crippen LogP contribution >= 0.6 is 0 Å². The van der Waals surface area contributed by atoms with Gasteiger partial charge in [0.05, 0.1) is 30.4 Å². The molecule has 3 aromatic heterocycles. The van der Waals surface area contributed by atoms with Crippen LogP contribution < -0.4 is 5.32 Å². The average Bonchev–Trinajstić information content (AvgIpc) is 3.40. The van der Waals surface area contributed by atoms with Gasteiger partial charge >= 0.3 is 0 Å². The van der Waals surface area contributed by atoms with E-state index in [9.17, 15) is 20.1 Å². The average molecular weight is 389 g/mol. The molecule has 0 aromatic carbocycles. The summed E-state index contributed by atoms with van der Waals surface area (Å²) in [6.45, 7) is 1.31. The summed E-state index contributed by atoms with van der Waals surface area (Å²) in [6.07, 6.45) is -0.0823. The van der Waals surface area contributed by atoms with E-state index < -0.39 is 31.1 Å². The molecule has 0 radical (unpaired) electrons. The van der Waals surface area contributed by atoms with Crippen molar-refractivity contribution in [3.8, 4) is 5.95 Å². The van der Waals surface area contributed by atoms with E-state index in [-0.39, 0.29) is 11.9 Å². The Labute approximate surface area is 158 Å². The third kappa shape index (κ3) is 2.82. The molecule has 0 bridgehead atoms. The van der Waals surface area contributed by atoms with Gasteiger partial charge in [0.15, 0.2) is 11.9 Å². The molecular formula is C16H19N7O5. The van der Waals surface area contributed by atoms with Crippen LogP contribution in [0, 0.1) is 6.92 Å². The zero-order valence-corrected chi connectivity index (χ0v) is 15.1. The second-order valence-corrected chi connectivity index (χ2v) is 6.41. The van der Waals surface area contributed by atoms with E-state index in [0.29, 0.717) is 22.4 Å². The molecule has 0 spiro atoms. The maximum Gasteiger partial charge on any atom is 0.254 e. The highest BCUT2D eigenvalue weighted by Gasteiger charge is 2.44. The first kappa shape index (κ1) is 18.4. The third-order valence-electron chi connectivity index (χ3n) is 4.65. The summed E-state index contributed by atoms with van der Waals surface area (Å²) in [5.41, 5.74) is 1.75. The highest BCUT2D eigenvalue weighted by molar-refractivity contribution is 5.93. The van der Waals surface area contributed by atoms with Crippen LogP contribution in [-0.4, -0.2) is 82.5 Å². The Morgan fingerprint density at radius 3 is 2.79 bits per heavy atom. The number of carbonyl (C=O) groups excluding carboxylic acids is 1. The molecule has 148 valence electrons. The number of aromatic nitrogens is 6. The number of fused-ring (bicyclic) bond motifs is 1. The molecule has 1 fully saturated rings. The lowest BCUT2D eigenvalue weighted by Gasteiger charge is -2.16. The molecule has 1 aliphatic heterocycles. The first-order valence-corrected chi connectivity index (χ1v) is 8.55. The monoisotopic (exact) mass is 389 g/mol. The molecule has 3 aromatic rings. The summed E-state index contributed by atoms with van der Waals surface area (Å²) in [6, 6.07) is 0. The van der Waals surface area contributed by atoms with Crippen LogP contribution in [0.5, 0.6) is 0 Å². The van der Waals surface area contributed by atoms with Gasteiger partial charge in [-0.25, -0.2) is 14.6 Å². The van der Waals surface area contributed by atoms with Crippen molar-refractivity contribution < 1.29 is 24.9 Å². The molecule has 0 saturated carbocycles. The van der Waals surface area contributed by atoms with Gasteiger partial charge in [-0.1, -0.05) is 0 Å². The molecule has 12 heteroatoms. The Balaban J connectivity index is 1.77. The van der Waals surface area contributed by atoms with Crippen molar-refractivity contribution in [1.29, 1.82) is 0 Å². The quantitative estimate of drug-likeness (QED) is 0.407. The van der Waals surface area contributed by atoms with Crippen molar-refractivity contribution in [2.75, 3.05) is 13.7 Å².